The fraction of sp³-hybridized carbons (Fsp3) is 0.462. The van der Waals surface area contributed by atoms with Gasteiger partial charge in [-0.1, -0.05) is 15.9 Å². The normalized spacial score (nSPS) is 24.1. The highest BCUT2D eigenvalue weighted by atomic mass is 79.9. The van der Waals surface area contributed by atoms with Gasteiger partial charge in [0.05, 0.1) is 11.6 Å². The van der Waals surface area contributed by atoms with E-state index in [1.807, 2.05) is 18.2 Å². The van der Waals surface area contributed by atoms with Gasteiger partial charge >= 0.3 is 0 Å². The smallest absolute Gasteiger partial charge is 0.0992 e. The van der Waals surface area contributed by atoms with Crippen molar-refractivity contribution in [3.05, 3.63) is 28.2 Å². The van der Waals surface area contributed by atoms with E-state index >= 15 is 0 Å². The zero-order chi connectivity index (χ0) is 12.3. The van der Waals surface area contributed by atoms with E-state index in [4.69, 9.17) is 5.26 Å². The van der Waals surface area contributed by atoms with Crippen LogP contribution in [0.4, 0.5) is 5.69 Å². The van der Waals surface area contributed by atoms with Gasteiger partial charge in [0.1, 0.15) is 0 Å². The third-order valence-electron chi connectivity index (χ3n) is 3.02. The Bertz CT molecular complexity index is 439. The van der Waals surface area contributed by atoms with Crippen LogP contribution in [-0.2, 0) is 0 Å². The molecule has 1 aromatic carbocycles. The summed E-state index contributed by atoms with van der Waals surface area (Å²) in [6, 6.07) is 8.97. The molecule has 0 amide bonds. The first kappa shape index (κ1) is 12.4. The first-order valence-corrected chi connectivity index (χ1v) is 6.67. The summed E-state index contributed by atoms with van der Waals surface area (Å²) in [5.74, 6) is 0. The van der Waals surface area contributed by atoms with Crippen molar-refractivity contribution in [1.29, 1.82) is 5.26 Å². The zero-order valence-corrected chi connectivity index (χ0v) is 11.4. The summed E-state index contributed by atoms with van der Waals surface area (Å²) in [7, 11) is 0. The lowest BCUT2D eigenvalue weighted by Crippen LogP contribution is -2.41. The van der Waals surface area contributed by atoms with E-state index in [0.717, 1.165) is 29.5 Å². The summed E-state index contributed by atoms with van der Waals surface area (Å²) in [5, 5.41) is 15.9. The van der Waals surface area contributed by atoms with E-state index in [0.29, 0.717) is 17.6 Å². The van der Waals surface area contributed by atoms with E-state index in [9.17, 15) is 0 Å². The number of anilines is 1. The highest BCUT2D eigenvalue weighted by Gasteiger charge is 2.17. The van der Waals surface area contributed by atoms with Crippen LogP contribution in [0.2, 0.25) is 0 Å². The lowest BCUT2D eigenvalue weighted by molar-refractivity contribution is 0.396. The molecule has 1 aliphatic rings. The maximum Gasteiger partial charge on any atom is 0.0992 e. The van der Waals surface area contributed by atoms with Crippen LogP contribution in [0.3, 0.4) is 0 Å². The minimum Gasteiger partial charge on any atom is -0.382 e. The molecule has 2 N–H and O–H groups in total. The van der Waals surface area contributed by atoms with Crippen molar-refractivity contribution in [3.8, 4) is 6.07 Å². The topological polar surface area (TPSA) is 47.9 Å². The zero-order valence-electron chi connectivity index (χ0n) is 9.83. The quantitative estimate of drug-likeness (QED) is 0.881. The second-order valence-corrected chi connectivity index (χ2v) is 5.48. The molecule has 90 valence electrons. The number of hydrogen-bond acceptors (Lipinski definition) is 3. The summed E-state index contributed by atoms with van der Waals surface area (Å²) in [4.78, 5) is 0. The second kappa shape index (κ2) is 5.52. The van der Waals surface area contributed by atoms with Crippen molar-refractivity contribution >= 4 is 21.6 Å². The van der Waals surface area contributed by atoms with Crippen LogP contribution < -0.4 is 10.6 Å². The second-order valence-electron chi connectivity index (χ2n) is 4.56. The molecule has 2 unspecified atom stereocenters. The summed E-state index contributed by atoms with van der Waals surface area (Å²) in [6.45, 7) is 3.26. The van der Waals surface area contributed by atoms with Gasteiger partial charge in [-0.25, -0.2) is 0 Å². The number of benzene rings is 1. The fourth-order valence-corrected chi connectivity index (χ4v) is 2.73. The molecule has 0 bridgehead atoms. The first-order valence-electron chi connectivity index (χ1n) is 5.88. The third kappa shape index (κ3) is 3.45. The number of nitrogens with zero attached hydrogens (tertiary/aromatic N) is 1. The Balaban J connectivity index is 2.07. The maximum atomic E-state index is 8.93. The lowest BCUT2D eigenvalue weighted by atomic mass is 10.0. The Morgan fingerprint density at radius 2 is 2.29 bits per heavy atom. The SMILES string of the molecule is CC1CC(Nc2cc(Br)cc(C#N)c2)CCN1. The van der Waals surface area contributed by atoms with E-state index in [-0.39, 0.29) is 0 Å². The van der Waals surface area contributed by atoms with E-state index < -0.39 is 0 Å². The Morgan fingerprint density at radius 1 is 1.47 bits per heavy atom. The van der Waals surface area contributed by atoms with Crippen LogP contribution in [-0.4, -0.2) is 18.6 Å². The average Bonchev–Trinajstić information content (AvgIpc) is 2.28. The summed E-state index contributed by atoms with van der Waals surface area (Å²) in [6.07, 6.45) is 2.24. The molecule has 1 heterocycles. The minimum absolute atomic E-state index is 0.493. The van der Waals surface area contributed by atoms with Crippen molar-refractivity contribution in [3.63, 3.8) is 0 Å². The molecular weight excluding hydrogens is 278 g/mol. The number of rotatable bonds is 2. The van der Waals surface area contributed by atoms with Gasteiger partial charge < -0.3 is 10.6 Å². The Labute approximate surface area is 110 Å². The predicted octanol–water partition coefficient (Wildman–Crippen LogP) is 2.87. The van der Waals surface area contributed by atoms with Gasteiger partial charge in [0.2, 0.25) is 0 Å². The Kier molecular flexibility index (Phi) is 4.03. The van der Waals surface area contributed by atoms with Crippen LogP contribution in [0.15, 0.2) is 22.7 Å². The number of nitrogens with one attached hydrogen (secondary N) is 2. The van der Waals surface area contributed by atoms with E-state index in [1.54, 1.807) is 0 Å². The molecule has 2 rings (SSSR count). The van der Waals surface area contributed by atoms with Gasteiger partial charge in [0.25, 0.3) is 0 Å². The molecule has 0 spiro atoms. The molecule has 1 fully saturated rings. The van der Waals surface area contributed by atoms with E-state index in [1.165, 1.54) is 0 Å². The van der Waals surface area contributed by atoms with Gasteiger partial charge in [-0.15, -0.1) is 0 Å². The maximum absolute atomic E-state index is 8.93. The van der Waals surface area contributed by atoms with Crippen LogP contribution in [0, 0.1) is 11.3 Å². The molecule has 0 aliphatic carbocycles. The number of nitriles is 1. The van der Waals surface area contributed by atoms with Gasteiger partial charge in [-0.05, 0) is 44.5 Å². The monoisotopic (exact) mass is 293 g/mol. The molecule has 0 aromatic heterocycles. The molecule has 1 saturated heterocycles. The molecule has 0 radical (unpaired) electrons. The minimum atomic E-state index is 0.493. The third-order valence-corrected chi connectivity index (χ3v) is 3.48. The molecule has 3 nitrogen and oxygen atoms in total. The van der Waals surface area contributed by atoms with Crippen molar-refractivity contribution in [2.45, 2.75) is 31.8 Å². The Hall–Kier alpha value is -1.05. The van der Waals surface area contributed by atoms with Gasteiger partial charge in [-0.2, -0.15) is 5.26 Å². The Morgan fingerprint density at radius 3 is 3.00 bits per heavy atom. The summed E-state index contributed by atoms with van der Waals surface area (Å²) < 4.78 is 0.945. The van der Waals surface area contributed by atoms with Crippen LogP contribution >= 0.6 is 15.9 Å². The van der Waals surface area contributed by atoms with Crippen molar-refractivity contribution < 1.29 is 0 Å². The molecule has 1 aliphatic heterocycles. The molecular formula is C13H16BrN3. The molecule has 17 heavy (non-hydrogen) atoms. The van der Waals surface area contributed by atoms with Crippen molar-refractivity contribution in [2.24, 2.45) is 0 Å². The van der Waals surface area contributed by atoms with Crippen LogP contribution in [0.1, 0.15) is 25.3 Å². The average molecular weight is 294 g/mol. The summed E-state index contributed by atoms with van der Waals surface area (Å²) >= 11 is 3.43. The fourth-order valence-electron chi connectivity index (χ4n) is 2.24. The van der Waals surface area contributed by atoms with Gasteiger partial charge in [0.15, 0.2) is 0 Å². The van der Waals surface area contributed by atoms with Crippen LogP contribution in [0.5, 0.6) is 0 Å². The number of hydrogen-bond donors (Lipinski definition) is 2. The standard InChI is InChI=1S/C13H16BrN3/c1-9-4-12(2-3-16-9)17-13-6-10(8-15)5-11(14)7-13/h5-7,9,12,16-17H,2-4H2,1H3. The largest absolute Gasteiger partial charge is 0.382 e. The highest BCUT2D eigenvalue weighted by Crippen LogP contribution is 2.22. The lowest BCUT2D eigenvalue weighted by Gasteiger charge is -2.29. The first-order chi connectivity index (χ1) is 8.17. The van der Waals surface area contributed by atoms with Gasteiger partial charge in [0, 0.05) is 22.2 Å². The summed E-state index contributed by atoms with van der Waals surface area (Å²) in [5.41, 5.74) is 1.71. The predicted molar refractivity (Wildman–Crippen MR) is 73.0 cm³/mol. The van der Waals surface area contributed by atoms with E-state index in [2.05, 4.69) is 39.6 Å². The van der Waals surface area contributed by atoms with Crippen molar-refractivity contribution in [1.82, 2.24) is 5.32 Å². The molecule has 4 heteroatoms. The molecule has 1 aromatic rings. The molecule has 2 atom stereocenters. The van der Waals surface area contributed by atoms with Gasteiger partial charge in [-0.3, -0.25) is 0 Å². The van der Waals surface area contributed by atoms with Crippen molar-refractivity contribution in [2.75, 3.05) is 11.9 Å². The van der Waals surface area contributed by atoms with Crippen LogP contribution in [0.25, 0.3) is 0 Å². The number of halogens is 1. The molecule has 0 saturated carbocycles. The highest BCUT2D eigenvalue weighted by molar-refractivity contribution is 9.10. The number of piperidine rings is 1.